The second-order valence-corrected chi connectivity index (χ2v) is 9.69. The van der Waals surface area contributed by atoms with E-state index in [9.17, 15) is 9.59 Å². The van der Waals surface area contributed by atoms with Gasteiger partial charge in [-0.2, -0.15) is 0 Å². The van der Waals surface area contributed by atoms with Crippen LogP contribution in [0.25, 0.3) is 31.8 Å². The van der Waals surface area contributed by atoms with E-state index in [1.165, 1.54) is 39.6 Å². The van der Waals surface area contributed by atoms with Crippen molar-refractivity contribution in [2.75, 3.05) is 26.7 Å². The van der Waals surface area contributed by atoms with Crippen molar-refractivity contribution >= 4 is 44.1 Å². The minimum Gasteiger partial charge on any atom is -0.453 e. The van der Waals surface area contributed by atoms with Gasteiger partial charge in [0.25, 0.3) is 0 Å². The second kappa shape index (κ2) is 13.7. The lowest BCUT2D eigenvalue weighted by atomic mass is 10.1. The zero-order valence-corrected chi connectivity index (χ0v) is 22.0. The van der Waals surface area contributed by atoms with E-state index in [2.05, 4.69) is 75.0 Å². The minimum atomic E-state index is -0.562. The van der Waals surface area contributed by atoms with Crippen molar-refractivity contribution in [2.45, 2.75) is 33.1 Å². The first-order valence-electron chi connectivity index (χ1n) is 11.7. The molecule has 35 heavy (non-hydrogen) atoms. The van der Waals surface area contributed by atoms with Gasteiger partial charge in [-0.3, -0.25) is 4.79 Å². The number of aromatic amines is 1. The molecule has 1 aliphatic rings. The summed E-state index contributed by atoms with van der Waals surface area (Å²) >= 11 is 3.61. The Morgan fingerprint density at radius 3 is 2.29 bits per heavy atom. The molecule has 0 unspecified atom stereocenters. The average Bonchev–Trinajstić information content (AvgIpc) is 3.69. The molecule has 0 aliphatic carbocycles. The highest BCUT2D eigenvalue weighted by atomic mass is 32.1. The van der Waals surface area contributed by atoms with Gasteiger partial charge in [-0.1, -0.05) is 50.6 Å². The Morgan fingerprint density at radius 1 is 1.06 bits per heavy atom. The van der Waals surface area contributed by atoms with Crippen LogP contribution in [-0.2, 0) is 9.53 Å². The Hall–Kier alpha value is -3.17. The molecule has 1 aliphatic heterocycles. The van der Waals surface area contributed by atoms with E-state index in [4.69, 9.17) is 0 Å². The van der Waals surface area contributed by atoms with Crippen LogP contribution in [0.4, 0.5) is 4.79 Å². The summed E-state index contributed by atoms with van der Waals surface area (Å²) in [5.41, 5.74) is 4.96. The molecule has 0 saturated carbocycles. The SMILES string of the molecule is CCC.COC(=O)NCC(=O)N1CCCC1.c1ccc(-c2csc3c(-c4cnc[nH]4)csc23)cc1. The number of amides is 2. The highest BCUT2D eigenvalue weighted by molar-refractivity contribution is 7.27. The van der Waals surface area contributed by atoms with Crippen molar-refractivity contribution in [1.82, 2.24) is 20.2 Å². The zero-order valence-electron chi connectivity index (χ0n) is 20.4. The van der Waals surface area contributed by atoms with Crippen LogP contribution in [0, 0.1) is 0 Å². The van der Waals surface area contributed by atoms with Gasteiger partial charge in [0.1, 0.15) is 6.54 Å². The number of nitrogens with one attached hydrogen (secondary N) is 2. The summed E-state index contributed by atoms with van der Waals surface area (Å²) in [4.78, 5) is 31.0. The number of aromatic nitrogens is 2. The molecular weight excluding hydrogens is 480 g/mol. The molecule has 5 rings (SSSR count). The average molecular weight is 513 g/mol. The number of methoxy groups -OCH3 is 1. The number of ether oxygens (including phenoxy) is 1. The molecule has 0 atom stereocenters. The van der Waals surface area contributed by atoms with Gasteiger partial charge in [-0.05, 0) is 18.4 Å². The summed E-state index contributed by atoms with van der Waals surface area (Å²) in [6.07, 6.45) is 6.41. The maximum Gasteiger partial charge on any atom is 0.407 e. The van der Waals surface area contributed by atoms with E-state index in [-0.39, 0.29) is 12.5 Å². The maximum absolute atomic E-state index is 11.3. The predicted octanol–water partition coefficient (Wildman–Crippen LogP) is 6.40. The van der Waals surface area contributed by atoms with Crippen molar-refractivity contribution < 1.29 is 14.3 Å². The molecule has 1 aromatic carbocycles. The topological polar surface area (TPSA) is 87.3 Å². The van der Waals surface area contributed by atoms with Crippen molar-refractivity contribution in [3.05, 3.63) is 53.6 Å². The monoisotopic (exact) mass is 512 g/mol. The van der Waals surface area contributed by atoms with Crippen LogP contribution >= 0.6 is 22.7 Å². The van der Waals surface area contributed by atoms with E-state index in [0.717, 1.165) is 31.6 Å². The number of H-pyrrole nitrogens is 1. The number of likely N-dealkylation sites (tertiary alicyclic amines) is 1. The molecule has 2 N–H and O–H groups in total. The summed E-state index contributed by atoms with van der Waals surface area (Å²) in [5, 5.41) is 6.81. The Labute approximate surface area is 214 Å². The summed E-state index contributed by atoms with van der Waals surface area (Å²) in [6, 6.07) is 10.6. The lowest BCUT2D eigenvalue weighted by Crippen LogP contribution is -2.38. The van der Waals surface area contributed by atoms with E-state index in [1.54, 1.807) is 33.9 Å². The highest BCUT2D eigenvalue weighted by Gasteiger charge is 2.18. The molecule has 0 radical (unpaired) electrons. The molecule has 1 fully saturated rings. The van der Waals surface area contributed by atoms with E-state index in [0.29, 0.717) is 0 Å². The van der Waals surface area contributed by atoms with E-state index < -0.39 is 6.09 Å². The van der Waals surface area contributed by atoms with Crippen LogP contribution < -0.4 is 5.32 Å². The number of hydrogen-bond donors (Lipinski definition) is 2. The quantitative estimate of drug-likeness (QED) is 0.331. The molecule has 7 nitrogen and oxygen atoms in total. The van der Waals surface area contributed by atoms with Gasteiger partial charge in [0, 0.05) is 35.0 Å². The Kier molecular flexibility index (Phi) is 10.3. The van der Waals surface area contributed by atoms with Crippen molar-refractivity contribution in [1.29, 1.82) is 0 Å². The molecule has 2 amide bonds. The molecule has 3 aromatic heterocycles. The van der Waals surface area contributed by atoms with Crippen molar-refractivity contribution in [3.63, 3.8) is 0 Å². The fraction of sp³-hybridized carbons (Fsp3) is 0.346. The van der Waals surface area contributed by atoms with Crippen molar-refractivity contribution in [3.8, 4) is 22.4 Å². The van der Waals surface area contributed by atoms with Gasteiger partial charge in [0.05, 0.1) is 34.7 Å². The number of rotatable bonds is 4. The first kappa shape index (κ1) is 26.4. The number of carbonyl (C=O) groups is 2. The minimum absolute atomic E-state index is 0.0344. The molecule has 186 valence electrons. The van der Waals surface area contributed by atoms with Gasteiger partial charge >= 0.3 is 6.09 Å². The third-order valence-electron chi connectivity index (χ3n) is 5.19. The van der Waals surface area contributed by atoms with Gasteiger partial charge in [-0.25, -0.2) is 9.78 Å². The van der Waals surface area contributed by atoms with Crippen LogP contribution in [-0.4, -0.2) is 53.6 Å². The summed E-state index contributed by atoms with van der Waals surface area (Å²) in [6.45, 7) is 5.90. The number of thiophene rings is 2. The summed E-state index contributed by atoms with van der Waals surface area (Å²) < 4.78 is 7.05. The Bertz CT molecular complexity index is 1180. The van der Waals surface area contributed by atoms with Gasteiger partial charge in [-0.15, -0.1) is 22.7 Å². The summed E-state index contributed by atoms with van der Waals surface area (Å²) in [5.74, 6) is -0.0390. The largest absolute Gasteiger partial charge is 0.453 e. The van der Waals surface area contributed by atoms with Crippen LogP contribution in [0.2, 0.25) is 0 Å². The number of alkyl carbamates (subject to hydrolysis) is 1. The lowest BCUT2D eigenvalue weighted by Gasteiger charge is -2.14. The number of carbonyl (C=O) groups excluding carboxylic acids is 2. The normalized spacial score (nSPS) is 12.4. The van der Waals surface area contributed by atoms with Crippen LogP contribution in [0.1, 0.15) is 33.1 Å². The van der Waals surface area contributed by atoms with Crippen molar-refractivity contribution in [2.24, 2.45) is 0 Å². The van der Waals surface area contributed by atoms with E-state index in [1.807, 2.05) is 6.20 Å². The fourth-order valence-corrected chi connectivity index (χ4v) is 5.97. The van der Waals surface area contributed by atoms with Gasteiger partial charge < -0.3 is 19.9 Å². The Balaban J connectivity index is 0.000000188. The zero-order chi connectivity index (χ0) is 25.0. The first-order valence-corrected chi connectivity index (χ1v) is 13.5. The third-order valence-corrected chi connectivity index (χ3v) is 7.34. The predicted molar refractivity (Wildman–Crippen MR) is 145 cm³/mol. The highest BCUT2D eigenvalue weighted by Crippen LogP contribution is 2.43. The molecule has 9 heteroatoms. The van der Waals surface area contributed by atoms with Crippen LogP contribution in [0.15, 0.2) is 53.6 Å². The second-order valence-electron chi connectivity index (χ2n) is 7.93. The lowest BCUT2D eigenvalue weighted by molar-refractivity contribution is -0.129. The summed E-state index contributed by atoms with van der Waals surface area (Å²) in [7, 11) is 1.27. The number of fused-ring (bicyclic) bond motifs is 1. The smallest absolute Gasteiger partial charge is 0.407 e. The van der Waals surface area contributed by atoms with Crippen LogP contribution in [0.5, 0.6) is 0 Å². The molecule has 0 bridgehead atoms. The number of benzene rings is 1. The maximum atomic E-state index is 11.3. The molecule has 4 heterocycles. The van der Waals surface area contributed by atoms with E-state index >= 15 is 0 Å². The standard InChI is InChI=1S/C15H10N2S2.C8H14N2O3.C3H8/c1-2-4-10(5-3-1)11-7-18-15-12(8-19-14(11)15)13-6-16-9-17-13;1-13-8(12)9-6-7(11)10-4-2-3-5-10;1-3-2/h1-9H,(H,16,17);2-6H2,1H3,(H,9,12);3H2,1-2H3. The first-order chi connectivity index (χ1) is 17.1. The number of hydrogen-bond acceptors (Lipinski definition) is 6. The molecular formula is C26H32N4O3S2. The molecule has 4 aromatic rings. The van der Waals surface area contributed by atoms with Gasteiger partial charge in [0.15, 0.2) is 0 Å². The molecule has 0 spiro atoms. The number of nitrogens with zero attached hydrogens (tertiary/aromatic N) is 2. The van der Waals surface area contributed by atoms with Crippen LogP contribution in [0.3, 0.4) is 0 Å². The number of imidazole rings is 1. The van der Waals surface area contributed by atoms with Gasteiger partial charge in [0.2, 0.25) is 5.91 Å². The Morgan fingerprint density at radius 2 is 1.69 bits per heavy atom. The fourth-order valence-electron chi connectivity index (χ4n) is 3.53. The third kappa shape index (κ3) is 7.16. The molecule has 1 saturated heterocycles.